The summed E-state index contributed by atoms with van der Waals surface area (Å²) in [4.78, 5) is 0. The molecule has 4 heteroatoms. The van der Waals surface area contributed by atoms with Gasteiger partial charge in [-0.3, -0.25) is 0 Å². The summed E-state index contributed by atoms with van der Waals surface area (Å²) in [6, 6.07) is 0. The molecule has 2 nitrogen and oxygen atoms in total. The summed E-state index contributed by atoms with van der Waals surface area (Å²) in [5, 5.41) is 0. The summed E-state index contributed by atoms with van der Waals surface area (Å²) < 4.78 is 11.4. The van der Waals surface area contributed by atoms with Gasteiger partial charge in [-0.15, -0.1) is 0 Å². The molecule has 158 valence electrons. The Morgan fingerprint density at radius 3 is 1.52 bits per heavy atom. The molecule has 1 rings (SSSR count). The molecule has 1 heterocycles. The molecule has 0 aromatic carbocycles. The van der Waals surface area contributed by atoms with E-state index in [0.29, 0.717) is 0 Å². The fourth-order valence-corrected chi connectivity index (χ4v) is 3.63. The molecule has 1 aliphatic rings. The Labute approximate surface area is 197 Å². The van der Waals surface area contributed by atoms with E-state index in [4.69, 9.17) is 9.47 Å². The van der Waals surface area contributed by atoms with Crippen molar-refractivity contribution in [1.82, 2.24) is 0 Å². The van der Waals surface area contributed by atoms with Crippen LogP contribution >= 0.6 is 0 Å². The maximum Gasteiger partial charge on any atom is 2.00 e. The summed E-state index contributed by atoms with van der Waals surface area (Å²) in [5.74, 6) is 0. The van der Waals surface area contributed by atoms with Crippen molar-refractivity contribution >= 4 is 23.1 Å². The van der Waals surface area contributed by atoms with Crippen molar-refractivity contribution in [1.29, 1.82) is 0 Å². The first-order valence-corrected chi connectivity index (χ1v) is 11.5. The van der Waals surface area contributed by atoms with E-state index in [1.807, 2.05) is 0 Å². The predicted octanol–water partition coefficient (Wildman–Crippen LogP) is 4.23. The Bertz CT molecular complexity index is 261. The van der Waals surface area contributed by atoms with Gasteiger partial charge in [0, 0.05) is 13.2 Å². The van der Waals surface area contributed by atoms with Crippen LogP contribution < -0.4 is 17.0 Å². The van der Waals surface area contributed by atoms with Gasteiger partial charge in [0.15, 0.2) is 6.29 Å². The third-order valence-corrected chi connectivity index (χ3v) is 5.34. The Morgan fingerprint density at radius 2 is 1.11 bits per heavy atom. The molecule has 1 aliphatic heterocycles. The van der Waals surface area contributed by atoms with Gasteiger partial charge in [0.25, 0.3) is 0 Å². The molecule has 1 fully saturated rings. The number of unbranched alkanes of at least 4 members (excludes halogenated alkanes) is 15. The molecule has 0 aromatic heterocycles. The monoisotopic (exact) mass is 456 g/mol. The number of halogens is 1. The van der Waals surface area contributed by atoms with Crippen molar-refractivity contribution < 1.29 is 26.5 Å². The quantitative estimate of drug-likeness (QED) is 0.174. The normalized spacial score (nSPS) is 16.6. The minimum atomic E-state index is 0. The summed E-state index contributed by atoms with van der Waals surface area (Å²) in [5.41, 5.74) is 0. The number of ether oxygens (including phenoxy) is 2. The van der Waals surface area contributed by atoms with Crippen LogP contribution in [-0.4, -0.2) is 42.6 Å². The summed E-state index contributed by atoms with van der Waals surface area (Å²) in [7, 11) is 0. The fraction of sp³-hybridized carbons (Fsp3) is 0.957. The van der Waals surface area contributed by atoms with Crippen molar-refractivity contribution in [3.8, 4) is 0 Å². The second-order valence-corrected chi connectivity index (χ2v) is 7.82. The topological polar surface area (TPSA) is 18.5 Å². The molecule has 0 saturated carbocycles. The maximum absolute atomic E-state index is 5.78. The zero-order valence-corrected chi connectivity index (χ0v) is 21.0. The van der Waals surface area contributed by atoms with Gasteiger partial charge in [-0.25, -0.2) is 0 Å². The molecule has 0 amide bonds. The van der Waals surface area contributed by atoms with E-state index in [1.54, 1.807) is 0 Å². The van der Waals surface area contributed by atoms with Crippen LogP contribution in [0.3, 0.4) is 0 Å². The molecule has 27 heavy (non-hydrogen) atoms. The van der Waals surface area contributed by atoms with Gasteiger partial charge in [0.1, 0.15) is 0 Å². The van der Waals surface area contributed by atoms with Gasteiger partial charge in [-0.2, -0.15) is 6.42 Å². The van der Waals surface area contributed by atoms with Gasteiger partial charge in [-0.05, 0) is 25.7 Å². The zero-order valence-electron chi connectivity index (χ0n) is 18.0. The van der Waals surface area contributed by atoms with Crippen LogP contribution in [0.2, 0.25) is 0 Å². The first-order valence-electron chi connectivity index (χ1n) is 11.5. The molecule has 0 bridgehead atoms. The van der Waals surface area contributed by atoms with E-state index in [-0.39, 0.29) is 46.3 Å². The van der Waals surface area contributed by atoms with E-state index < -0.39 is 0 Å². The zero-order chi connectivity index (χ0) is 17.8. The number of hydrogen-bond donors (Lipinski definition) is 0. The van der Waals surface area contributed by atoms with Crippen LogP contribution in [0.5, 0.6) is 0 Å². The SMILES string of the molecule is [Br-].[CH2-]CCCCCCCCCCCCCCCCCOC1CCCCO1.[Mg+2]. The van der Waals surface area contributed by atoms with Crippen molar-refractivity contribution in [2.45, 2.75) is 128 Å². The smallest absolute Gasteiger partial charge is 1.00 e. The Kier molecular flexibility index (Phi) is 28.3. The molecule has 0 N–H and O–H groups in total. The van der Waals surface area contributed by atoms with Crippen LogP contribution in [0.1, 0.15) is 122 Å². The van der Waals surface area contributed by atoms with Gasteiger partial charge in [0.2, 0.25) is 0 Å². The average molecular weight is 458 g/mol. The van der Waals surface area contributed by atoms with Crippen molar-refractivity contribution in [2.24, 2.45) is 0 Å². The van der Waals surface area contributed by atoms with Gasteiger partial charge >= 0.3 is 23.1 Å². The Hall–Kier alpha value is 1.17. The minimum absolute atomic E-state index is 0. The molecule has 0 aliphatic carbocycles. The molecule has 1 atom stereocenters. The summed E-state index contributed by atoms with van der Waals surface area (Å²) in [6.45, 7) is 5.68. The van der Waals surface area contributed by atoms with E-state index in [0.717, 1.165) is 26.1 Å². The van der Waals surface area contributed by atoms with Crippen LogP contribution in [0.25, 0.3) is 0 Å². The molecular weight excluding hydrogens is 412 g/mol. The molecule has 0 aromatic rings. The van der Waals surface area contributed by atoms with E-state index in [2.05, 4.69) is 6.92 Å². The molecule has 0 radical (unpaired) electrons. The third kappa shape index (κ3) is 21.7. The Balaban J connectivity index is 0. The van der Waals surface area contributed by atoms with E-state index in [1.165, 1.54) is 109 Å². The van der Waals surface area contributed by atoms with Crippen LogP contribution in [0.4, 0.5) is 0 Å². The van der Waals surface area contributed by atoms with Crippen molar-refractivity contribution in [3.63, 3.8) is 0 Å². The number of hydrogen-bond acceptors (Lipinski definition) is 2. The van der Waals surface area contributed by atoms with E-state index in [9.17, 15) is 0 Å². The van der Waals surface area contributed by atoms with Crippen LogP contribution in [0, 0.1) is 6.92 Å². The molecular formula is C23H45BrMgO2. The van der Waals surface area contributed by atoms with Crippen molar-refractivity contribution in [2.75, 3.05) is 13.2 Å². The first-order chi connectivity index (χ1) is 12.4. The number of rotatable bonds is 18. The Morgan fingerprint density at radius 1 is 0.667 bits per heavy atom. The predicted molar refractivity (Wildman–Crippen MR) is 115 cm³/mol. The largest absolute Gasteiger partial charge is 2.00 e. The van der Waals surface area contributed by atoms with Crippen molar-refractivity contribution in [3.05, 3.63) is 6.92 Å². The second kappa shape index (κ2) is 25.2. The van der Waals surface area contributed by atoms with E-state index >= 15 is 0 Å². The second-order valence-electron chi connectivity index (χ2n) is 7.82. The van der Waals surface area contributed by atoms with Gasteiger partial charge in [-0.1, -0.05) is 89.9 Å². The van der Waals surface area contributed by atoms with Crippen LogP contribution in [-0.2, 0) is 9.47 Å². The minimum Gasteiger partial charge on any atom is -1.00 e. The van der Waals surface area contributed by atoms with Crippen LogP contribution in [0.15, 0.2) is 0 Å². The third-order valence-electron chi connectivity index (χ3n) is 5.34. The standard InChI is InChI=1S/C23H45O2.BrH.Mg/c1-2-3-4-5-6-7-8-9-10-11-12-13-14-15-16-18-21-24-23-20-17-19-22-25-23;;/h23H,1-22H2;1H;/q-1;;+2/p-1. The maximum atomic E-state index is 5.78. The van der Waals surface area contributed by atoms with Gasteiger partial charge < -0.3 is 33.4 Å². The average Bonchev–Trinajstić information content (AvgIpc) is 2.65. The molecule has 1 saturated heterocycles. The summed E-state index contributed by atoms with van der Waals surface area (Å²) >= 11 is 0. The molecule has 0 spiro atoms. The fourth-order valence-electron chi connectivity index (χ4n) is 3.63. The first kappa shape index (κ1) is 30.4. The van der Waals surface area contributed by atoms with Gasteiger partial charge in [0.05, 0.1) is 0 Å². The molecule has 1 unspecified atom stereocenters. The summed E-state index contributed by atoms with van der Waals surface area (Å²) in [6.07, 6.45) is 25.8.